The van der Waals surface area contributed by atoms with Gasteiger partial charge in [0.1, 0.15) is 5.75 Å². The minimum Gasteiger partial charge on any atom is -0.481 e. The van der Waals surface area contributed by atoms with Gasteiger partial charge in [-0.2, -0.15) is 0 Å². The lowest BCUT2D eigenvalue weighted by atomic mass is 10.1. The molecule has 0 aliphatic heterocycles. The van der Waals surface area contributed by atoms with Gasteiger partial charge in [-0.1, -0.05) is 12.1 Å². The Kier molecular flexibility index (Phi) is 5.39. The summed E-state index contributed by atoms with van der Waals surface area (Å²) in [6.45, 7) is 7.41. The highest BCUT2D eigenvalue weighted by molar-refractivity contribution is 7.12. The van der Waals surface area contributed by atoms with E-state index in [-0.39, 0.29) is 5.91 Å². The first-order valence-electron chi connectivity index (χ1n) is 7.27. The second kappa shape index (κ2) is 7.28. The highest BCUT2D eigenvalue weighted by Crippen LogP contribution is 2.21. The average Bonchev–Trinajstić information content (AvgIpc) is 2.95. The smallest absolute Gasteiger partial charge is 0.280 e. The van der Waals surface area contributed by atoms with E-state index in [1.54, 1.807) is 6.92 Å². The Labute approximate surface area is 139 Å². The van der Waals surface area contributed by atoms with Gasteiger partial charge in [-0.25, -0.2) is 0 Å². The van der Waals surface area contributed by atoms with Gasteiger partial charge in [-0.3, -0.25) is 20.4 Å². The number of amides is 2. The van der Waals surface area contributed by atoms with E-state index in [0.717, 1.165) is 16.7 Å². The standard InChI is InChI=1S/C17H20N2O3S/c1-10-6-5-7-14(12(10)3)22-13(4)16(20)18-19-17(21)15-11(2)8-9-23-15/h5-9,13H,1-4H3,(H,18,20)(H,19,21). The van der Waals surface area contributed by atoms with Gasteiger partial charge in [0.25, 0.3) is 11.8 Å². The summed E-state index contributed by atoms with van der Waals surface area (Å²) in [7, 11) is 0. The average molecular weight is 332 g/mol. The van der Waals surface area contributed by atoms with Gasteiger partial charge < -0.3 is 4.74 Å². The Morgan fingerprint density at radius 3 is 2.48 bits per heavy atom. The molecular weight excluding hydrogens is 312 g/mol. The second-order valence-electron chi connectivity index (χ2n) is 5.33. The minimum absolute atomic E-state index is 0.329. The summed E-state index contributed by atoms with van der Waals surface area (Å²) >= 11 is 1.33. The summed E-state index contributed by atoms with van der Waals surface area (Å²) in [5.41, 5.74) is 7.77. The lowest BCUT2D eigenvalue weighted by Crippen LogP contribution is -2.47. The molecule has 0 spiro atoms. The number of rotatable bonds is 4. The predicted molar refractivity (Wildman–Crippen MR) is 90.7 cm³/mol. The summed E-state index contributed by atoms with van der Waals surface area (Å²) in [6.07, 6.45) is -0.722. The number of ether oxygens (including phenoxy) is 1. The molecule has 0 aliphatic carbocycles. The predicted octanol–water partition coefficient (Wildman–Crippen LogP) is 2.90. The Hall–Kier alpha value is -2.34. The number of hydrogen-bond donors (Lipinski definition) is 2. The van der Waals surface area contributed by atoms with Crippen LogP contribution in [0.2, 0.25) is 0 Å². The zero-order valence-corrected chi connectivity index (χ0v) is 14.4. The summed E-state index contributed by atoms with van der Waals surface area (Å²) in [6, 6.07) is 7.54. The maximum Gasteiger partial charge on any atom is 0.280 e. The van der Waals surface area contributed by atoms with Crippen molar-refractivity contribution in [1.29, 1.82) is 0 Å². The first-order chi connectivity index (χ1) is 10.9. The molecule has 0 saturated heterocycles. The molecule has 1 unspecified atom stereocenters. The Morgan fingerprint density at radius 1 is 1.09 bits per heavy atom. The first kappa shape index (κ1) is 17.0. The molecule has 0 aliphatic rings. The van der Waals surface area contributed by atoms with Gasteiger partial charge in [0, 0.05) is 0 Å². The zero-order valence-electron chi connectivity index (χ0n) is 13.6. The van der Waals surface area contributed by atoms with E-state index >= 15 is 0 Å². The fraction of sp³-hybridized carbons (Fsp3) is 0.294. The SMILES string of the molecule is Cc1ccsc1C(=O)NNC(=O)C(C)Oc1cccc(C)c1C. The number of aryl methyl sites for hydroxylation is 2. The quantitative estimate of drug-likeness (QED) is 0.846. The largest absolute Gasteiger partial charge is 0.481 e. The molecule has 0 bridgehead atoms. The van der Waals surface area contributed by atoms with Crippen molar-refractivity contribution in [2.75, 3.05) is 0 Å². The number of thiophene rings is 1. The van der Waals surface area contributed by atoms with Crippen molar-refractivity contribution in [1.82, 2.24) is 10.9 Å². The van der Waals surface area contributed by atoms with Gasteiger partial charge in [0.15, 0.2) is 6.10 Å². The summed E-state index contributed by atoms with van der Waals surface area (Å²) < 4.78 is 5.67. The molecule has 23 heavy (non-hydrogen) atoms. The summed E-state index contributed by atoms with van der Waals surface area (Å²) in [4.78, 5) is 24.6. The van der Waals surface area contributed by atoms with E-state index in [1.807, 2.05) is 50.4 Å². The van der Waals surface area contributed by atoms with Gasteiger partial charge in [-0.05, 0) is 61.9 Å². The van der Waals surface area contributed by atoms with E-state index in [2.05, 4.69) is 10.9 Å². The fourth-order valence-corrected chi connectivity index (χ4v) is 2.80. The van der Waals surface area contributed by atoms with Crippen LogP contribution in [0.25, 0.3) is 0 Å². The van der Waals surface area contributed by atoms with E-state index in [4.69, 9.17) is 4.74 Å². The van der Waals surface area contributed by atoms with Crippen molar-refractivity contribution in [3.8, 4) is 5.75 Å². The lowest BCUT2D eigenvalue weighted by molar-refractivity contribution is -0.128. The molecule has 122 valence electrons. The molecule has 2 N–H and O–H groups in total. The minimum atomic E-state index is -0.722. The van der Waals surface area contributed by atoms with Crippen molar-refractivity contribution in [3.05, 3.63) is 51.2 Å². The molecule has 0 saturated carbocycles. The fourth-order valence-electron chi connectivity index (χ4n) is 1.98. The molecule has 0 radical (unpaired) electrons. The van der Waals surface area contributed by atoms with E-state index in [9.17, 15) is 9.59 Å². The molecule has 1 atom stereocenters. The van der Waals surface area contributed by atoms with Gasteiger partial charge >= 0.3 is 0 Å². The van der Waals surface area contributed by atoms with Crippen LogP contribution in [-0.4, -0.2) is 17.9 Å². The molecule has 6 heteroatoms. The first-order valence-corrected chi connectivity index (χ1v) is 8.15. The topological polar surface area (TPSA) is 67.4 Å². The Morgan fingerprint density at radius 2 is 1.83 bits per heavy atom. The monoisotopic (exact) mass is 332 g/mol. The Balaban J connectivity index is 1.91. The molecule has 2 amide bonds. The van der Waals surface area contributed by atoms with Crippen LogP contribution in [0.5, 0.6) is 5.75 Å². The number of carbonyl (C=O) groups is 2. The van der Waals surface area contributed by atoms with Gasteiger partial charge in [0.2, 0.25) is 0 Å². The number of carbonyl (C=O) groups excluding carboxylic acids is 2. The highest BCUT2D eigenvalue weighted by Gasteiger charge is 2.18. The van der Waals surface area contributed by atoms with E-state index < -0.39 is 12.0 Å². The molecule has 1 heterocycles. The molecule has 1 aromatic heterocycles. The Bertz CT molecular complexity index is 724. The van der Waals surface area contributed by atoms with Crippen molar-refractivity contribution >= 4 is 23.2 Å². The van der Waals surface area contributed by atoms with Crippen LogP contribution >= 0.6 is 11.3 Å². The highest BCUT2D eigenvalue weighted by atomic mass is 32.1. The molecule has 2 aromatic rings. The number of hydrogen-bond acceptors (Lipinski definition) is 4. The summed E-state index contributed by atoms with van der Waals surface area (Å²) in [5.74, 6) is -0.0775. The number of benzene rings is 1. The lowest BCUT2D eigenvalue weighted by Gasteiger charge is -2.17. The van der Waals surface area contributed by atoms with E-state index in [0.29, 0.717) is 10.6 Å². The normalized spacial score (nSPS) is 11.7. The third-order valence-electron chi connectivity index (χ3n) is 3.60. The van der Waals surface area contributed by atoms with Crippen molar-refractivity contribution in [2.24, 2.45) is 0 Å². The second-order valence-corrected chi connectivity index (χ2v) is 6.25. The van der Waals surface area contributed by atoms with Crippen LogP contribution in [0.1, 0.15) is 33.3 Å². The molecule has 2 rings (SSSR count). The van der Waals surface area contributed by atoms with Crippen molar-refractivity contribution in [3.63, 3.8) is 0 Å². The third kappa shape index (κ3) is 4.10. The van der Waals surface area contributed by atoms with Crippen molar-refractivity contribution < 1.29 is 14.3 Å². The molecule has 5 nitrogen and oxygen atoms in total. The third-order valence-corrected chi connectivity index (χ3v) is 4.61. The van der Waals surface area contributed by atoms with Crippen LogP contribution in [0.4, 0.5) is 0 Å². The number of nitrogens with one attached hydrogen (secondary N) is 2. The number of hydrazine groups is 1. The van der Waals surface area contributed by atoms with Crippen LogP contribution in [0.15, 0.2) is 29.6 Å². The maximum atomic E-state index is 12.1. The van der Waals surface area contributed by atoms with Crippen LogP contribution in [0.3, 0.4) is 0 Å². The van der Waals surface area contributed by atoms with Gasteiger partial charge in [-0.15, -0.1) is 11.3 Å². The van der Waals surface area contributed by atoms with Gasteiger partial charge in [0.05, 0.1) is 4.88 Å². The van der Waals surface area contributed by atoms with Crippen LogP contribution in [-0.2, 0) is 4.79 Å². The van der Waals surface area contributed by atoms with Crippen LogP contribution < -0.4 is 15.6 Å². The van der Waals surface area contributed by atoms with Crippen molar-refractivity contribution in [2.45, 2.75) is 33.8 Å². The van der Waals surface area contributed by atoms with Crippen LogP contribution in [0, 0.1) is 20.8 Å². The molecular formula is C17H20N2O3S. The summed E-state index contributed by atoms with van der Waals surface area (Å²) in [5, 5.41) is 1.83. The maximum absolute atomic E-state index is 12.1. The van der Waals surface area contributed by atoms with E-state index in [1.165, 1.54) is 11.3 Å². The zero-order chi connectivity index (χ0) is 17.0. The molecule has 1 aromatic carbocycles. The molecule has 0 fully saturated rings.